The number of aliphatic imine (C=N–C) groups is 1. The van der Waals surface area contributed by atoms with E-state index in [-0.39, 0.29) is 24.0 Å². The fraction of sp³-hybridized carbons (Fsp3) is 0.632. The van der Waals surface area contributed by atoms with E-state index < -0.39 is 0 Å². The van der Waals surface area contributed by atoms with E-state index >= 15 is 0 Å². The number of nitrogens with one attached hydrogen (secondary N) is 1. The van der Waals surface area contributed by atoms with Crippen LogP contribution in [0, 0.1) is 0 Å². The summed E-state index contributed by atoms with van der Waals surface area (Å²) in [4.78, 5) is 7.07. The van der Waals surface area contributed by atoms with Crippen molar-refractivity contribution in [3.63, 3.8) is 0 Å². The van der Waals surface area contributed by atoms with Gasteiger partial charge in [-0.25, -0.2) is 0 Å². The molecule has 5 heteroatoms. The number of fused-ring (bicyclic) bond motifs is 1. The third-order valence-electron chi connectivity index (χ3n) is 5.20. The van der Waals surface area contributed by atoms with Gasteiger partial charge in [-0.2, -0.15) is 0 Å². The van der Waals surface area contributed by atoms with Gasteiger partial charge >= 0.3 is 0 Å². The second-order valence-electron chi connectivity index (χ2n) is 6.96. The third kappa shape index (κ3) is 5.34. The maximum absolute atomic E-state index is 6.02. The molecule has 3 N–H and O–H groups in total. The zero-order valence-electron chi connectivity index (χ0n) is 14.8. The summed E-state index contributed by atoms with van der Waals surface area (Å²) in [5, 5.41) is 3.23. The number of halogens is 1. The molecule has 1 aliphatic heterocycles. The Kier molecular flexibility index (Phi) is 7.81. The molecule has 1 fully saturated rings. The Labute approximate surface area is 163 Å². The molecule has 1 aromatic carbocycles. The third-order valence-corrected chi connectivity index (χ3v) is 5.20. The quantitative estimate of drug-likeness (QED) is 0.316. The number of benzene rings is 1. The lowest BCUT2D eigenvalue weighted by Gasteiger charge is -2.33. The van der Waals surface area contributed by atoms with Crippen LogP contribution >= 0.6 is 24.0 Å². The number of piperidine rings is 1. The van der Waals surface area contributed by atoms with E-state index in [1.165, 1.54) is 56.2 Å². The van der Waals surface area contributed by atoms with Gasteiger partial charge in [0.05, 0.1) is 0 Å². The minimum Gasteiger partial charge on any atom is -0.370 e. The molecule has 1 atom stereocenters. The normalized spacial score (nSPS) is 21.2. The van der Waals surface area contributed by atoms with Gasteiger partial charge in [0, 0.05) is 24.8 Å². The molecule has 2 aliphatic rings. The Bertz CT molecular complexity index is 558. The van der Waals surface area contributed by atoms with Gasteiger partial charge in [-0.05, 0) is 75.3 Å². The van der Waals surface area contributed by atoms with Gasteiger partial charge in [-0.3, -0.25) is 4.99 Å². The van der Waals surface area contributed by atoms with Crippen molar-refractivity contribution in [2.24, 2.45) is 10.7 Å². The Morgan fingerprint density at radius 1 is 1.25 bits per heavy atom. The van der Waals surface area contributed by atoms with Crippen LogP contribution in [0.3, 0.4) is 0 Å². The van der Waals surface area contributed by atoms with Crippen molar-refractivity contribution in [2.75, 3.05) is 25.0 Å². The largest absolute Gasteiger partial charge is 0.370 e. The Morgan fingerprint density at radius 2 is 2.08 bits per heavy atom. The van der Waals surface area contributed by atoms with Crippen molar-refractivity contribution in [1.29, 1.82) is 0 Å². The average molecular weight is 442 g/mol. The van der Waals surface area contributed by atoms with Crippen molar-refractivity contribution in [3.05, 3.63) is 29.3 Å². The second kappa shape index (κ2) is 9.61. The predicted octanol–water partition coefficient (Wildman–Crippen LogP) is 3.78. The lowest BCUT2D eigenvalue weighted by Crippen LogP contribution is -2.38. The molecule has 0 spiro atoms. The van der Waals surface area contributed by atoms with Crippen LogP contribution in [0.2, 0.25) is 0 Å². The number of nitrogens with zero attached hydrogens (tertiary/aromatic N) is 2. The molecular formula is C19H31IN4. The first-order chi connectivity index (χ1) is 11.2. The lowest BCUT2D eigenvalue weighted by molar-refractivity contribution is 0.160. The molecule has 0 aromatic heterocycles. The van der Waals surface area contributed by atoms with E-state index in [4.69, 9.17) is 5.73 Å². The van der Waals surface area contributed by atoms with Gasteiger partial charge in [0.1, 0.15) is 0 Å². The zero-order valence-corrected chi connectivity index (χ0v) is 17.1. The van der Waals surface area contributed by atoms with Crippen molar-refractivity contribution in [3.8, 4) is 0 Å². The van der Waals surface area contributed by atoms with Crippen LogP contribution in [0.15, 0.2) is 23.2 Å². The first-order valence-electron chi connectivity index (χ1n) is 9.15. The Hall–Kier alpha value is -0.820. The standard InChI is InChI=1S/C19H30N4.HI/c1-15-6-2-3-12-23(15)13-5-11-21-19(20)22-18-10-9-16-7-4-8-17(16)14-18;/h9-10,14-15H,2-8,11-13H2,1H3,(H3,20,21,22);1H. The molecule has 1 aromatic rings. The first-order valence-corrected chi connectivity index (χ1v) is 9.15. The number of aryl methyl sites for hydroxylation is 2. The maximum atomic E-state index is 6.02. The second-order valence-corrected chi connectivity index (χ2v) is 6.96. The highest BCUT2D eigenvalue weighted by atomic mass is 127. The molecule has 24 heavy (non-hydrogen) atoms. The molecule has 0 bridgehead atoms. The van der Waals surface area contributed by atoms with E-state index in [9.17, 15) is 0 Å². The maximum Gasteiger partial charge on any atom is 0.193 e. The Balaban J connectivity index is 0.00000208. The predicted molar refractivity (Wildman–Crippen MR) is 113 cm³/mol. The van der Waals surface area contributed by atoms with E-state index in [0.29, 0.717) is 5.96 Å². The van der Waals surface area contributed by atoms with E-state index in [1.54, 1.807) is 0 Å². The minimum absolute atomic E-state index is 0. The highest BCUT2D eigenvalue weighted by Gasteiger charge is 2.17. The molecule has 0 radical (unpaired) electrons. The van der Waals surface area contributed by atoms with Crippen LogP contribution in [0.5, 0.6) is 0 Å². The summed E-state index contributed by atoms with van der Waals surface area (Å²) in [5.41, 5.74) is 10.0. The Morgan fingerprint density at radius 3 is 2.92 bits per heavy atom. The molecular weight excluding hydrogens is 411 g/mol. The minimum atomic E-state index is 0. The fourth-order valence-corrected chi connectivity index (χ4v) is 3.80. The molecule has 3 rings (SSSR count). The topological polar surface area (TPSA) is 53.6 Å². The van der Waals surface area contributed by atoms with Gasteiger partial charge < -0.3 is 16.0 Å². The molecule has 1 saturated heterocycles. The first kappa shape index (κ1) is 19.5. The van der Waals surface area contributed by atoms with Crippen molar-refractivity contribution in [2.45, 2.75) is 57.9 Å². The molecule has 4 nitrogen and oxygen atoms in total. The number of anilines is 1. The highest BCUT2D eigenvalue weighted by molar-refractivity contribution is 14.0. The summed E-state index contributed by atoms with van der Waals surface area (Å²) in [6.45, 7) is 5.52. The van der Waals surface area contributed by atoms with Gasteiger partial charge in [0.15, 0.2) is 5.96 Å². The SMILES string of the molecule is CC1CCCCN1CCCN=C(N)Nc1ccc2c(c1)CCC2.I. The van der Waals surface area contributed by atoms with Crippen molar-refractivity contribution >= 4 is 35.6 Å². The molecule has 1 aliphatic carbocycles. The number of rotatable bonds is 5. The number of hydrogen-bond acceptors (Lipinski definition) is 2. The summed E-state index contributed by atoms with van der Waals surface area (Å²) < 4.78 is 0. The van der Waals surface area contributed by atoms with E-state index in [2.05, 4.69) is 40.3 Å². The summed E-state index contributed by atoms with van der Waals surface area (Å²) in [6.07, 6.45) is 8.83. The van der Waals surface area contributed by atoms with Crippen LogP contribution in [-0.4, -0.2) is 36.5 Å². The van der Waals surface area contributed by atoms with Crippen LogP contribution in [0.25, 0.3) is 0 Å². The van der Waals surface area contributed by atoms with Crippen LogP contribution in [0.4, 0.5) is 5.69 Å². The van der Waals surface area contributed by atoms with Crippen LogP contribution < -0.4 is 11.1 Å². The van der Waals surface area contributed by atoms with Crippen molar-refractivity contribution < 1.29 is 0 Å². The van der Waals surface area contributed by atoms with Gasteiger partial charge in [0.2, 0.25) is 0 Å². The molecule has 1 heterocycles. The summed E-state index contributed by atoms with van der Waals surface area (Å²) in [7, 11) is 0. The molecule has 0 amide bonds. The lowest BCUT2D eigenvalue weighted by atomic mass is 10.0. The fourth-order valence-electron chi connectivity index (χ4n) is 3.80. The smallest absolute Gasteiger partial charge is 0.193 e. The van der Waals surface area contributed by atoms with E-state index in [1.807, 2.05) is 0 Å². The summed E-state index contributed by atoms with van der Waals surface area (Å²) in [5.74, 6) is 0.537. The molecule has 1 unspecified atom stereocenters. The number of likely N-dealkylation sites (tertiary alicyclic amines) is 1. The number of nitrogens with two attached hydrogens (primary N) is 1. The van der Waals surface area contributed by atoms with Gasteiger partial charge in [-0.15, -0.1) is 24.0 Å². The monoisotopic (exact) mass is 442 g/mol. The molecule has 0 saturated carbocycles. The highest BCUT2D eigenvalue weighted by Crippen LogP contribution is 2.24. The zero-order chi connectivity index (χ0) is 16.1. The molecule has 134 valence electrons. The summed E-state index contributed by atoms with van der Waals surface area (Å²) >= 11 is 0. The van der Waals surface area contributed by atoms with E-state index in [0.717, 1.165) is 31.2 Å². The van der Waals surface area contributed by atoms with Crippen molar-refractivity contribution in [1.82, 2.24) is 4.90 Å². The van der Waals surface area contributed by atoms with Crippen LogP contribution in [0.1, 0.15) is 50.2 Å². The average Bonchev–Trinajstić information content (AvgIpc) is 3.01. The van der Waals surface area contributed by atoms with Gasteiger partial charge in [0.25, 0.3) is 0 Å². The number of hydrogen-bond donors (Lipinski definition) is 2. The summed E-state index contributed by atoms with van der Waals surface area (Å²) in [6, 6.07) is 7.28. The van der Waals surface area contributed by atoms with Gasteiger partial charge in [-0.1, -0.05) is 12.5 Å². The number of guanidine groups is 1. The van der Waals surface area contributed by atoms with Crippen LogP contribution in [-0.2, 0) is 12.8 Å².